The summed E-state index contributed by atoms with van der Waals surface area (Å²) in [5, 5.41) is 13.7. The lowest BCUT2D eigenvalue weighted by molar-refractivity contribution is -0.151. The molecule has 0 radical (unpaired) electrons. The molecule has 1 aromatic heterocycles. The van der Waals surface area contributed by atoms with Crippen molar-refractivity contribution in [2.24, 2.45) is 18.4 Å². The number of nitrogens with zero attached hydrogens (tertiary/aromatic N) is 3. The fourth-order valence-corrected chi connectivity index (χ4v) is 2.89. The molecule has 1 fully saturated rings. The molecule has 5 nitrogen and oxygen atoms in total. The van der Waals surface area contributed by atoms with Crippen molar-refractivity contribution in [3.05, 3.63) is 18.0 Å². The van der Waals surface area contributed by atoms with E-state index in [1.54, 1.807) is 4.68 Å². The van der Waals surface area contributed by atoms with Gasteiger partial charge in [0.1, 0.15) is 0 Å². The van der Waals surface area contributed by atoms with Gasteiger partial charge in [0.15, 0.2) is 0 Å². The third-order valence-corrected chi connectivity index (χ3v) is 4.39. The topological polar surface area (TPSA) is 58.4 Å². The van der Waals surface area contributed by atoms with E-state index >= 15 is 0 Å². The van der Waals surface area contributed by atoms with Crippen molar-refractivity contribution < 1.29 is 9.90 Å². The number of likely N-dealkylation sites (tertiary alicyclic amines) is 1. The van der Waals surface area contributed by atoms with E-state index in [9.17, 15) is 9.90 Å². The lowest BCUT2D eigenvalue weighted by atomic mass is 9.76. The second kappa shape index (κ2) is 5.33. The predicted molar refractivity (Wildman–Crippen MR) is 72.9 cm³/mol. The fourth-order valence-electron chi connectivity index (χ4n) is 2.89. The SMILES string of the molecule is CC(C)C1(C(=O)O)CCN(CCc2cnn(C)c2)C1. The number of aromatic nitrogens is 2. The molecule has 1 unspecified atom stereocenters. The van der Waals surface area contributed by atoms with Crippen molar-refractivity contribution in [1.82, 2.24) is 14.7 Å². The van der Waals surface area contributed by atoms with Crippen LogP contribution in [0.25, 0.3) is 0 Å². The molecule has 0 aliphatic carbocycles. The predicted octanol–water partition coefficient (Wildman–Crippen LogP) is 1.40. The number of rotatable bonds is 5. The summed E-state index contributed by atoms with van der Waals surface area (Å²) < 4.78 is 1.80. The molecule has 5 heteroatoms. The monoisotopic (exact) mass is 265 g/mol. The van der Waals surface area contributed by atoms with Crippen LogP contribution in [-0.2, 0) is 18.3 Å². The number of carbonyl (C=O) groups is 1. The van der Waals surface area contributed by atoms with Crippen molar-refractivity contribution in [2.75, 3.05) is 19.6 Å². The Labute approximate surface area is 114 Å². The first-order valence-corrected chi connectivity index (χ1v) is 6.87. The zero-order valence-corrected chi connectivity index (χ0v) is 12.0. The van der Waals surface area contributed by atoms with Gasteiger partial charge in [-0.25, -0.2) is 0 Å². The van der Waals surface area contributed by atoms with Crippen molar-refractivity contribution in [3.8, 4) is 0 Å². The Morgan fingerprint density at radius 2 is 2.32 bits per heavy atom. The highest BCUT2D eigenvalue weighted by Gasteiger charge is 2.46. The molecule has 1 aromatic rings. The van der Waals surface area contributed by atoms with Crippen LogP contribution in [-0.4, -0.2) is 45.4 Å². The summed E-state index contributed by atoms with van der Waals surface area (Å²) in [5.74, 6) is -0.472. The van der Waals surface area contributed by atoms with Crippen LogP contribution in [0.4, 0.5) is 0 Å². The van der Waals surface area contributed by atoms with Gasteiger partial charge in [-0.2, -0.15) is 5.10 Å². The van der Waals surface area contributed by atoms with E-state index in [1.807, 2.05) is 33.3 Å². The summed E-state index contributed by atoms with van der Waals surface area (Å²) in [5.41, 5.74) is 0.648. The number of carboxylic acid groups (broad SMARTS) is 1. The average molecular weight is 265 g/mol. The second-order valence-electron chi connectivity index (χ2n) is 5.91. The van der Waals surface area contributed by atoms with E-state index in [2.05, 4.69) is 10.00 Å². The highest BCUT2D eigenvalue weighted by molar-refractivity contribution is 5.75. The molecule has 1 aliphatic heterocycles. The largest absolute Gasteiger partial charge is 0.481 e. The van der Waals surface area contributed by atoms with Crippen LogP contribution in [0.3, 0.4) is 0 Å². The molecule has 0 amide bonds. The van der Waals surface area contributed by atoms with E-state index < -0.39 is 11.4 Å². The maximum Gasteiger partial charge on any atom is 0.311 e. The van der Waals surface area contributed by atoms with Crippen LogP contribution in [0.2, 0.25) is 0 Å². The summed E-state index contributed by atoms with van der Waals surface area (Å²) in [6, 6.07) is 0. The molecule has 1 atom stereocenters. The van der Waals surface area contributed by atoms with Crippen molar-refractivity contribution in [2.45, 2.75) is 26.7 Å². The smallest absolute Gasteiger partial charge is 0.311 e. The normalized spacial score (nSPS) is 24.2. The van der Waals surface area contributed by atoms with Gasteiger partial charge in [0.05, 0.1) is 11.6 Å². The Bertz CT molecular complexity index is 455. The minimum atomic E-state index is -0.647. The van der Waals surface area contributed by atoms with Gasteiger partial charge in [-0.15, -0.1) is 0 Å². The number of hydrogen-bond acceptors (Lipinski definition) is 3. The lowest BCUT2D eigenvalue weighted by Gasteiger charge is -2.28. The van der Waals surface area contributed by atoms with E-state index in [4.69, 9.17) is 0 Å². The number of aryl methyl sites for hydroxylation is 1. The van der Waals surface area contributed by atoms with Crippen LogP contribution in [0, 0.1) is 11.3 Å². The summed E-state index contributed by atoms with van der Waals surface area (Å²) in [7, 11) is 1.91. The Morgan fingerprint density at radius 1 is 1.58 bits per heavy atom. The van der Waals surface area contributed by atoms with E-state index in [0.717, 1.165) is 25.9 Å². The summed E-state index contributed by atoms with van der Waals surface area (Å²) in [6.45, 7) is 6.48. The van der Waals surface area contributed by atoms with Crippen LogP contribution in [0.1, 0.15) is 25.8 Å². The molecule has 106 valence electrons. The van der Waals surface area contributed by atoms with Gasteiger partial charge >= 0.3 is 5.97 Å². The quantitative estimate of drug-likeness (QED) is 0.874. The summed E-state index contributed by atoms with van der Waals surface area (Å²) in [6.07, 6.45) is 5.58. The minimum Gasteiger partial charge on any atom is -0.481 e. The van der Waals surface area contributed by atoms with E-state index in [-0.39, 0.29) is 5.92 Å². The van der Waals surface area contributed by atoms with Gasteiger partial charge in [0.2, 0.25) is 0 Å². The third-order valence-electron chi connectivity index (χ3n) is 4.39. The first-order chi connectivity index (χ1) is 8.94. The maximum atomic E-state index is 11.5. The number of aliphatic carboxylic acids is 1. The van der Waals surface area contributed by atoms with Crippen LogP contribution in [0.5, 0.6) is 0 Å². The molecule has 1 aliphatic rings. The maximum absolute atomic E-state index is 11.5. The van der Waals surface area contributed by atoms with Crippen molar-refractivity contribution in [3.63, 3.8) is 0 Å². The highest BCUT2D eigenvalue weighted by atomic mass is 16.4. The molecule has 1 N–H and O–H groups in total. The Hall–Kier alpha value is -1.36. The number of carboxylic acids is 1. The van der Waals surface area contributed by atoms with Crippen molar-refractivity contribution in [1.29, 1.82) is 0 Å². The van der Waals surface area contributed by atoms with Crippen LogP contribution in [0.15, 0.2) is 12.4 Å². The fraction of sp³-hybridized carbons (Fsp3) is 0.714. The molecule has 0 bridgehead atoms. The standard InChI is InChI=1S/C14H23N3O2/c1-11(2)14(13(18)19)5-7-17(10-14)6-4-12-8-15-16(3)9-12/h8-9,11H,4-7,10H2,1-3H3,(H,18,19). The molecule has 1 saturated heterocycles. The lowest BCUT2D eigenvalue weighted by Crippen LogP contribution is -2.39. The Kier molecular flexibility index (Phi) is 3.94. The molecule has 0 spiro atoms. The summed E-state index contributed by atoms with van der Waals surface area (Å²) >= 11 is 0. The number of hydrogen-bond donors (Lipinski definition) is 1. The Balaban J connectivity index is 1.92. The highest BCUT2D eigenvalue weighted by Crippen LogP contribution is 2.38. The minimum absolute atomic E-state index is 0.174. The van der Waals surface area contributed by atoms with Gasteiger partial charge < -0.3 is 10.0 Å². The van der Waals surface area contributed by atoms with Crippen molar-refractivity contribution >= 4 is 5.97 Å². The first kappa shape index (κ1) is 14.1. The van der Waals surface area contributed by atoms with Gasteiger partial charge in [0.25, 0.3) is 0 Å². The van der Waals surface area contributed by atoms with E-state index in [0.29, 0.717) is 6.54 Å². The summed E-state index contributed by atoms with van der Waals surface area (Å²) in [4.78, 5) is 13.8. The van der Waals surface area contributed by atoms with Gasteiger partial charge in [0, 0.05) is 26.3 Å². The molecule has 0 aromatic carbocycles. The van der Waals surface area contributed by atoms with Gasteiger partial charge in [-0.3, -0.25) is 9.48 Å². The average Bonchev–Trinajstić information content (AvgIpc) is 2.93. The van der Waals surface area contributed by atoms with Gasteiger partial charge in [-0.05, 0) is 30.9 Å². The first-order valence-electron chi connectivity index (χ1n) is 6.87. The Morgan fingerprint density at radius 3 is 2.79 bits per heavy atom. The molecule has 0 saturated carbocycles. The molecular weight excluding hydrogens is 242 g/mol. The third kappa shape index (κ3) is 2.81. The van der Waals surface area contributed by atoms with E-state index in [1.165, 1.54) is 5.56 Å². The van der Waals surface area contributed by atoms with Crippen LogP contribution >= 0.6 is 0 Å². The molecule has 19 heavy (non-hydrogen) atoms. The second-order valence-corrected chi connectivity index (χ2v) is 5.91. The molecular formula is C14H23N3O2. The zero-order chi connectivity index (χ0) is 14.0. The van der Waals surface area contributed by atoms with Crippen LogP contribution < -0.4 is 0 Å². The molecule has 2 rings (SSSR count). The van der Waals surface area contributed by atoms with Gasteiger partial charge in [-0.1, -0.05) is 13.8 Å². The molecule has 2 heterocycles. The zero-order valence-electron chi connectivity index (χ0n) is 12.0.